The Morgan fingerprint density at radius 1 is 1.32 bits per heavy atom. The first-order valence-electron chi connectivity index (χ1n) is 8.98. The summed E-state index contributed by atoms with van der Waals surface area (Å²) in [7, 11) is 0. The van der Waals surface area contributed by atoms with Gasteiger partial charge in [-0.15, -0.1) is 0 Å². The lowest BCUT2D eigenvalue weighted by Crippen LogP contribution is -2.55. The van der Waals surface area contributed by atoms with Crippen LogP contribution in [0.1, 0.15) is 58.3 Å². The summed E-state index contributed by atoms with van der Waals surface area (Å²) in [6, 6.07) is 0.286. The summed E-state index contributed by atoms with van der Waals surface area (Å²) >= 11 is 0. The third-order valence-corrected chi connectivity index (χ3v) is 5.37. The fraction of sp³-hybridized carbons (Fsp3) is 0.941. The zero-order valence-corrected chi connectivity index (χ0v) is 13.8. The topological polar surface area (TPSA) is 50.8 Å². The Morgan fingerprint density at radius 3 is 2.86 bits per heavy atom. The van der Waals surface area contributed by atoms with Crippen molar-refractivity contribution in [2.24, 2.45) is 0 Å². The number of amides is 2. The summed E-state index contributed by atoms with van der Waals surface area (Å²) in [6.45, 7) is 5.15. The van der Waals surface area contributed by atoms with Gasteiger partial charge in [-0.05, 0) is 45.4 Å². The molecule has 0 radical (unpaired) electrons. The summed E-state index contributed by atoms with van der Waals surface area (Å²) in [5.41, 5.74) is -0.0451. The number of nitrogens with one attached hydrogen (secondary N) is 1. The average molecular weight is 310 g/mol. The van der Waals surface area contributed by atoms with Crippen LogP contribution in [0.4, 0.5) is 4.79 Å². The minimum absolute atomic E-state index is 0.0451. The molecule has 2 aliphatic heterocycles. The van der Waals surface area contributed by atoms with Gasteiger partial charge < -0.3 is 19.7 Å². The molecule has 2 heterocycles. The molecule has 3 rings (SSSR count). The van der Waals surface area contributed by atoms with Crippen LogP contribution in [0.3, 0.4) is 0 Å². The largest absolute Gasteiger partial charge is 0.378 e. The first-order chi connectivity index (χ1) is 10.7. The highest BCUT2D eigenvalue weighted by Crippen LogP contribution is 2.35. The molecule has 3 aliphatic rings. The van der Waals surface area contributed by atoms with Crippen molar-refractivity contribution in [2.75, 3.05) is 26.3 Å². The van der Waals surface area contributed by atoms with Crippen LogP contribution in [0.5, 0.6) is 0 Å². The Hall–Kier alpha value is -0.810. The van der Waals surface area contributed by atoms with Gasteiger partial charge in [0.1, 0.15) is 0 Å². The van der Waals surface area contributed by atoms with Crippen molar-refractivity contribution in [2.45, 2.75) is 76.0 Å². The number of carbonyl (C=O) groups excluding carboxylic acids is 1. The Morgan fingerprint density at radius 2 is 2.14 bits per heavy atom. The molecule has 5 nitrogen and oxygen atoms in total. The van der Waals surface area contributed by atoms with Crippen molar-refractivity contribution >= 4 is 6.03 Å². The van der Waals surface area contributed by atoms with Gasteiger partial charge in [-0.3, -0.25) is 0 Å². The molecule has 2 saturated heterocycles. The zero-order chi connectivity index (χ0) is 15.4. The molecule has 0 unspecified atom stereocenters. The van der Waals surface area contributed by atoms with Crippen molar-refractivity contribution in [3.63, 3.8) is 0 Å². The van der Waals surface area contributed by atoms with E-state index in [2.05, 4.69) is 12.2 Å². The lowest BCUT2D eigenvalue weighted by Gasteiger charge is -2.40. The van der Waals surface area contributed by atoms with E-state index in [1.807, 2.05) is 4.90 Å². The second-order valence-electron chi connectivity index (χ2n) is 7.22. The molecule has 2 atom stereocenters. The molecule has 1 saturated carbocycles. The summed E-state index contributed by atoms with van der Waals surface area (Å²) < 4.78 is 11.6. The number of hydrogen-bond acceptors (Lipinski definition) is 3. The van der Waals surface area contributed by atoms with Gasteiger partial charge in [0.05, 0.1) is 24.9 Å². The van der Waals surface area contributed by atoms with Crippen LogP contribution in [0.15, 0.2) is 0 Å². The van der Waals surface area contributed by atoms with Gasteiger partial charge in [0.2, 0.25) is 0 Å². The lowest BCUT2D eigenvalue weighted by molar-refractivity contribution is -0.0927. The molecule has 1 aliphatic carbocycles. The number of morpholine rings is 1. The molecule has 0 aromatic rings. The van der Waals surface area contributed by atoms with E-state index in [-0.39, 0.29) is 17.7 Å². The van der Waals surface area contributed by atoms with E-state index in [1.165, 1.54) is 25.7 Å². The number of hydrogen-bond donors (Lipinski definition) is 1. The van der Waals surface area contributed by atoms with Gasteiger partial charge in [-0.2, -0.15) is 0 Å². The fourth-order valence-corrected chi connectivity index (χ4v) is 4.02. The Bertz CT molecular complexity index is 376. The number of nitrogens with zero attached hydrogens (tertiary/aromatic N) is 1. The molecular formula is C17H30N2O3. The Balaban J connectivity index is 1.42. The van der Waals surface area contributed by atoms with E-state index in [1.54, 1.807) is 0 Å². The molecule has 1 N–H and O–H groups in total. The van der Waals surface area contributed by atoms with Crippen LogP contribution in [-0.2, 0) is 9.47 Å². The summed E-state index contributed by atoms with van der Waals surface area (Å²) in [4.78, 5) is 14.4. The molecule has 2 amide bonds. The standard InChI is InChI=1S/C17H30N2O3/c1-14(6-7-15-5-4-11-21-15)18-16(20)19-10-12-22-17(13-19)8-2-3-9-17/h14-15H,2-13H2,1H3,(H,18,20)/t14-,15-/m1/s1. The third kappa shape index (κ3) is 3.93. The SMILES string of the molecule is C[C@H](CC[C@H]1CCCO1)NC(=O)N1CCOC2(CCCC2)C1. The molecule has 3 fully saturated rings. The van der Waals surface area contributed by atoms with Gasteiger partial charge in [-0.25, -0.2) is 4.79 Å². The molecule has 1 spiro atoms. The smallest absolute Gasteiger partial charge is 0.317 e. The fourth-order valence-electron chi connectivity index (χ4n) is 4.02. The van der Waals surface area contributed by atoms with Crippen LogP contribution in [0.25, 0.3) is 0 Å². The summed E-state index contributed by atoms with van der Waals surface area (Å²) in [6.07, 6.45) is 9.47. The second-order valence-corrected chi connectivity index (χ2v) is 7.22. The summed E-state index contributed by atoms with van der Waals surface area (Å²) in [5, 5.41) is 3.16. The first kappa shape index (κ1) is 16.1. The minimum atomic E-state index is -0.0451. The Kier molecular flexibility index (Phi) is 5.24. The molecule has 126 valence electrons. The minimum Gasteiger partial charge on any atom is -0.378 e. The van der Waals surface area contributed by atoms with Crippen LogP contribution >= 0.6 is 0 Å². The lowest BCUT2D eigenvalue weighted by atomic mass is 10.00. The van der Waals surface area contributed by atoms with E-state index >= 15 is 0 Å². The van der Waals surface area contributed by atoms with Crippen LogP contribution < -0.4 is 5.32 Å². The van der Waals surface area contributed by atoms with Crippen LogP contribution in [-0.4, -0.2) is 55.0 Å². The highest BCUT2D eigenvalue weighted by atomic mass is 16.5. The van der Waals surface area contributed by atoms with E-state index in [0.29, 0.717) is 19.3 Å². The number of urea groups is 1. The number of carbonyl (C=O) groups is 1. The Labute approximate surface area is 133 Å². The van der Waals surface area contributed by atoms with Gasteiger partial charge in [0, 0.05) is 19.2 Å². The maximum absolute atomic E-state index is 12.5. The monoisotopic (exact) mass is 310 g/mol. The van der Waals surface area contributed by atoms with E-state index in [4.69, 9.17) is 9.47 Å². The van der Waals surface area contributed by atoms with Crippen LogP contribution in [0.2, 0.25) is 0 Å². The molecule has 0 aromatic carbocycles. The van der Waals surface area contributed by atoms with Gasteiger partial charge >= 0.3 is 6.03 Å². The zero-order valence-electron chi connectivity index (χ0n) is 13.8. The first-order valence-corrected chi connectivity index (χ1v) is 8.98. The normalized spacial score (nSPS) is 29.0. The predicted octanol–water partition coefficient (Wildman–Crippen LogP) is 2.69. The maximum atomic E-state index is 12.5. The van der Waals surface area contributed by atoms with Crippen molar-refractivity contribution in [1.29, 1.82) is 0 Å². The average Bonchev–Trinajstić information content (AvgIpc) is 3.17. The van der Waals surface area contributed by atoms with E-state index in [0.717, 1.165) is 38.8 Å². The van der Waals surface area contributed by atoms with E-state index in [9.17, 15) is 4.79 Å². The number of ether oxygens (including phenoxy) is 2. The van der Waals surface area contributed by atoms with Gasteiger partial charge in [0.25, 0.3) is 0 Å². The summed E-state index contributed by atoms with van der Waals surface area (Å²) in [5.74, 6) is 0. The van der Waals surface area contributed by atoms with E-state index < -0.39 is 0 Å². The predicted molar refractivity (Wildman–Crippen MR) is 84.9 cm³/mol. The van der Waals surface area contributed by atoms with Gasteiger partial charge in [-0.1, -0.05) is 12.8 Å². The highest BCUT2D eigenvalue weighted by molar-refractivity contribution is 5.74. The molecule has 0 aromatic heterocycles. The van der Waals surface area contributed by atoms with Crippen LogP contribution in [0, 0.1) is 0 Å². The maximum Gasteiger partial charge on any atom is 0.317 e. The van der Waals surface area contributed by atoms with Gasteiger partial charge in [0.15, 0.2) is 0 Å². The molecule has 5 heteroatoms. The quantitative estimate of drug-likeness (QED) is 0.868. The van der Waals surface area contributed by atoms with Crippen molar-refractivity contribution < 1.29 is 14.3 Å². The molecular weight excluding hydrogens is 280 g/mol. The van der Waals surface area contributed by atoms with Crippen molar-refractivity contribution in [1.82, 2.24) is 10.2 Å². The van der Waals surface area contributed by atoms with Crippen molar-refractivity contribution in [3.8, 4) is 0 Å². The van der Waals surface area contributed by atoms with Crippen molar-refractivity contribution in [3.05, 3.63) is 0 Å². The number of rotatable bonds is 4. The second kappa shape index (κ2) is 7.18. The highest BCUT2D eigenvalue weighted by Gasteiger charge is 2.40. The molecule has 0 bridgehead atoms. The third-order valence-electron chi connectivity index (χ3n) is 5.37. The molecule has 22 heavy (non-hydrogen) atoms.